The van der Waals surface area contributed by atoms with E-state index in [1.165, 1.54) is 18.4 Å². The van der Waals surface area contributed by atoms with Crippen molar-refractivity contribution in [2.24, 2.45) is 4.99 Å². The van der Waals surface area contributed by atoms with Crippen LogP contribution in [-0.2, 0) is 14.9 Å². The lowest BCUT2D eigenvalue weighted by Gasteiger charge is -2.18. The lowest BCUT2D eigenvalue weighted by molar-refractivity contribution is -0.129. The van der Waals surface area contributed by atoms with Gasteiger partial charge in [-0.3, -0.25) is 0 Å². The van der Waals surface area contributed by atoms with Gasteiger partial charge in [-0.05, 0) is 41.7 Å². The van der Waals surface area contributed by atoms with Crippen molar-refractivity contribution in [3.63, 3.8) is 0 Å². The molecular formula is C26H31NO3. The van der Waals surface area contributed by atoms with E-state index in [-0.39, 0.29) is 11.1 Å². The fourth-order valence-corrected chi connectivity index (χ4v) is 3.23. The van der Waals surface area contributed by atoms with Crippen molar-refractivity contribution >= 4 is 17.9 Å². The van der Waals surface area contributed by atoms with Crippen molar-refractivity contribution in [3.05, 3.63) is 70.9 Å². The van der Waals surface area contributed by atoms with Crippen LogP contribution in [0, 0.1) is 0 Å². The molecule has 0 aromatic heterocycles. The summed E-state index contributed by atoms with van der Waals surface area (Å²) in [5.74, 6) is 0.653. The standard InChI is InChI=1S/C26H31NO3/c1-5-6-7-10-17-29-23-12-9-8-11-20(23)18-22-25(28)30-24(27-22)19-13-15-21(16-14-19)26(2,3)4/h8-9,11-16,18H,5-7,10,17H2,1-4H3/b22-18-. The summed E-state index contributed by atoms with van der Waals surface area (Å²) in [5.41, 5.74) is 3.19. The zero-order valence-corrected chi connectivity index (χ0v) is 18.4. The number of carbonyl (C=O) groups excluding carboxylic acids is 1. The first-order valence-electron chi connectivity index (χ1n) is 10.7. The van der Waals surface area contributed by atoms with Gasteiger partial charge in [0.1, 0.15) is 5.75 Å². The van der Waals surface area contributed by atoms with E-state index in [1.54, 1.807) is 6.08 Å². The van der Waals surface area contributed by atoms with Gasteiger partial charge < -0.3 is 9.47 Å². The average Bonchev–Trinajstić information content (AvgIpc) is 3.09. The number of benzene rings is 2. The van der Waals surface area contributed by atoms with Crippen LogP contribution in [0.15, 0.2) is 59.2 Å². The fraction of sp³-hybridized carbons (Fsp3) is 0.385. The van der Waals surface area contributed by atoms with E-state index < -0.39 is 5.97 Å². The molecule has 2 aromatic carbocycles. The summed E-state index contributed by atoms with van der Waals surface area (Å²) in [4.78, 5) is 16.8. The van der Waals surface area contributed by atoms with Crippen molar-refractivity contribution in [1.82, 2.24) is 0 Å². The van der Waals surface area contributed by atoms with E-state index in [9.17, 15) is 4.79 Å². The number of nitrogens with zero attached hydrogens (tertiary/aromatic N) is 1. The number of rotatable bonds is 8. The molecule has 1 aliphatic rings. The van der Waals surface area contributed by atoms with E-state index in [4.69, 9.17) is 9.47 Å². The summed E-state index contributed by atoms with van der Waals surface area (Å²) in [5, 5.41) is 0. The molecular weight excluding hydrogens is 374 g/mol. The molecule has 158 valence electrons. The highest BCUT2D eigenvalue weighted by molar-refractivity contribution is 6.12. The topological polar surface area (TPSA) is 47.9 Å². The number of unbranched alkanes of at least 4 members (excludes halogenated alkanes) is 3. The molecule has 0 radical (unpaired) electrons. The Balaban J connectivity index is 1.76. The number of carbonyl (C=O) groups is 1. The molecule has 0 spiro atoms. The summed E-state index contributed by atoms with van der Waals surface area (Å²) in [6.45, 7) is 9.36. The first-order valence-corrected chi connectivity index (χ1v) is 10.7. The number of ether oxygens (including phenoxy) is 2. The van der Waals surface area contributed by atoms with Crippen molar-refractivity contribution in [1.29, 1.82) is 0 Å². The van der Waals surface area contributed by atoms with Crippen LogP contribution < -0.4 is 4.74 Å². The molecule has 0 saturated heterocycles. The van der Waals surface area contributed by atoms with E-state index in [2.05, 4.69) is 44.8 Å². The highest BCUT2D eigenvalue weighted by atomic mass is 16.6. The maximum absolute atomic E-state index is 12.4. The van der Waals surface area contributed by atoms with E-state index in [0.29, 0.717) is 12.5 Å². The first-order chi connectivity index (χ1) is 14.4. The molecule has 4 heteroatoms. The Kier molecular flexibility index (Phi) is 7.09. The Morgan fingerprint density at radius 1 is 1.00 bits per heavy atom. The average molecular weight is 406 g/mol. The third kappa shape index (κ3) is 5.59. The zero-order chi connectivity index (χ0) is 21.6. The minimum Gasteiger partial charge on any atom is -0.493 e. The fourth-order valence-electron chi connectivity index (χ4n) is 3.23. The van der Waals surface area contributed by atoms with Crippen molar-refractivity contribution in [2.45, 2.75) is 58.8 Å². The molecule has 0 amide bonds. The van der Waals surface area contributed by atoms with E-state index in [0.717, 1.165) is 29.7 Å². The molecule has 1 aliphatic heterocycles. The van der Waals surface area contributed by atoms with Crippen LogP contribution in [0.4, 0.5) is 0 Å². The van der Waals surface area contributed by atoms with Crippen LogP contribution in [0.1, 0.15) is 70.1 Å². The van der Waals surface area contributed by atoms with Crippen LogP contribution in [-0.4, -0.2) is 18.5 Å². The maximum atomic E-state index is 12.4. The Morgan fingerprint density at radius 3 is 2.43 bits per heavy atom. The van der Waals surface area contributed by atoms with Gasteiger partial charge in [0.05, 0.1) is 6.61 Å². The number of cyclic esters (lactones) is 1. The Labute approximate surface area is 179 Å². The summed E-state index contributed by atoms with van der Waals surface area (Å²) < 4.78 is 11.4. The molecule has 0 bridgehead atoms. The monoisotopic (exact) mass is 405 g/mol. The van der Waals surface area contributed by atoms with Gasteiger partial charge in [-0.25, -0.2) is 9.79 Å². The zero-order valence-electron chi connectivity index (χ0n) is 18.4. The third-order valence-electron chi connectivity index (χ3n) is 5.09. The van der Waals surface area contributed by atoms with Crippen LogP contribution >= 0.6 is 0 Å². The molecule has 0 fully saturated rings. The first kappa shape index (κ1) is 21.8. The Bertz CT molecular complexity index is 933. The van der Waals surface area contributed by atoms with Gasteiger partial charge in [0.25, 0.3) is 0 Å². The molecule has 30 heavy (non-hydrogen) atoms. The Morgan fingerprint density at radius 2 is 1.73 bits per heavy atom. The molecule has 3 rings (SSSR count). The molecule has 0 saturated carbocycles. The largest absolute Gasteiger partial charge is 0.493 e. The molecule has 0 atom stereocenters. The smallest absolute Gasteiger partial charge is 0.363 e. The summed E-state index contributed by atoms with van der Waals surface area (Å²) >= 11 is 0. The van der Waals surface area contributed by atoms with Gasteiger partial charge in [-0.2, -0.15) is 0 Å². The number of para-hydroxylation sites is 1. The van der Waals surface area contributed by atoms with Crippen LogP contribution in [0.2, 0.25) is 0 Å². The minimum absolute atomic E-state index is 0.0675. The van der Waals surface area contributed by atoms with Gasteiger partial charge in [-0.1, -0.05) is 77.3 Å². The summed E-state index contributed by atoms with van der Waals surface area (Å²) in [6.07, 6.45) is 6.33. The van der Waals surface area contributed by atoms with Crippen LogP contribution in [0.25, 0.3) is 6.08 Å². The minimum atomic E-state index is -0.442. The summed E-state index contributed by atoms with van der Waals surface area (Å²) in [6, 6.07) is 15.7. The number of hydrogen-bond acceptors (Lipinski definition) is 4. The Hall–Kier alpha value is -2.88. The van der Waals surface area contributed by atoms with E-state index >= 15 is 0 Å². The lowest BCUT2D eigenvalue weighted by Crippen LogP contribution is -2.11. The maximum Gasteiger partial charge on any atom is 0.363 e. The van der Waals surface area contributed by atoms with E-state index in [1.807, 2.05) is 36.4 Å². The predicted molar refractivity (Wildman–Crippen MR) is 122 cm³/mol. The second-order valence-electron chi connectivity index (χ2n) is 8.61. The van der Waals surface area contributed by atoms with Crippen molar-refractivity contribution in [3.8, 4) is 5.75 Å². The quantitative estimate of drug-likeness (QED) is 0.295. The number of esters is 1. The molecule has 0 N–H and O–H groups in total. The summed E-state index contributed by atoms with van der Waals surface area (Å²) in [7, 11) is 0. The van der Waals surface area contributed by atoms with Gasteiger partial charge in [0.15, 0.2) is 5.70 Å². The van der Waals surface area contributed by atoms with Crippen molar-refractivity contribution in [2.75, 3.05) is 6.61 Å². The second kappa shape index (κ2) is 9.75. The van der Waals surface area contributed by atoms with Gasteiger partial charge in [0, 0.05) is 11.1 Å². The highest BCUT2D eigenvalue weighted by Crippen LogP contribution is 2.26. The van der Waals surface area contributed by atoms with Gasteiger partial charge in [0.2, 0.25) is 5.90 Å². The molecule has 1 heterocycles. The molecule has 0 unspecified atom stereocenters. The normalized spacial score (nSPS) is 15.3. The highest BCUT2D eigenvalue weighted by Gasteiger charge is 2.25. The lowest BCUT2D eigenvalue weighted by atomic mass is 9.87. The third-order valence-corrected chi connectivity index (χ3v) is 5.09. The van der Waals surface area contributed by atoms with Crippen molar-refractivity contribution < 1.29 is 14.3 Å². The predicted octanol–water partition coefficient (Wildman–Crippen LogP) is 6.29. The SMILES string of the molecule is CCCCCCOc1ccccc1/C=C1\N=C(c2ccc(C(C)(C)C)cc2)OC1=O. The molecule has 4 nitrogen and oxygen atoms in total. The molecule has 2 aromatic rings. The van der Waals surface area contributed by atoms with Gasteiger partial charge >= 0.3 is 5.97 Å². The van der Waals surface area contributed by atoms with Gasteiger partial charge in [-0.15, -0.1) is 0 Å². The van der Waals surface area contributed by atoms with Crippen LogP contribution in [0.3, 0.4) is 0 Å². The van der Waals surface area contributed by atoms with Crippen LogP contribution in [0.5, 0.6) is 5.75 Å². The molecule has 0 aliphatic carbocycles. The second-order valence-corrected chi connectivity index (χ2v) is 8.61. The number of aliphatic imine (C=N–C) groups is 1. The number of hydrogen-bond donors (Lipinski definition) is 0.